The molecule has 2 aromatic rings. The standard InChI is InChI=1S/C23H23IN4O4S/c1-3-31-22(30)20-14(2)26-23(33)27-21(20)17-9-4-5-10-18(17)32-13-19(29)28-25-12-15-7-6-8-16(24)11-15/h4-12,21H,3,13H2,1-2H3,(H,28,29)(H2,26,27,33)/t21-/m0/s1. The van der Waals surface area contributed by atoms with E-state index in [0.29, 0.717) is 27.7 Å². The van der Waals surface area contributed by atoms with Crippen molar-refractivity contribution in [3.63, 3.8) is 0 Å². The minimum atomic E-state index is -0.587. The Labute approximate surface area is 210 Å². The number of thiocarbonyl (C=S) groups is 1. The number of allylic oxidation sites excluding steroid dienone is 1. The van der Waals surface area contributed by atoms with Crippen molar-refractivity contribution >= 4 is 58.0 Å². The lowest BCUT2D eigenvalue weighted by Gasteiger charge is -2.30. The maximum Gasteiger partial charge on any atom is 0.338 e. The molecular formula is C23H23IN4O4S. The molecule has 1 atom stereocenters. The van der Waals surface area contributed by atoms with E-state index in [-0.39, 0.29) is 13.2 Å². The van der Waals surface area contributed by atoms with Gasteiger partial charge >= 0.3 is 5.97 Å². The van der Waals surface area contributed by atoms with Crippen LogP contribution in [0.25, 0.3) is 0 Å². The molecule has 0 aliphatic carbocycles. The van der Waals surface area contributed by atoms with E-state index in [2.05, 4.69) is 43.8 Å². The molecule has 172 valence electrons. The number of nitrogens with one attached hydrogen (secondary N) is 3. The number of rotatable bonds is 8. The monoisotopic (exact) mass is 578 g/mol. The van der Waals surface area contributed by atoms with Crippen molar-refractivity contribution in [2.75, 3.05) is 13.2 Å². The van der Waals surface area contributed by atoms with Crippen LogP contribution in [0.5, 0.6) is 5.75 Å². The van der Waals surface area contributed by atoms with Crippen LogP contribution >= 0.6 is 34.8 Å². The van der Waals surface area contributed by atoms with Crippen molar-refractivity contribution < 1.29 is 19.1 Å². The minimum Gasteiger partial charge on any atom is -0.483 e. The van der Waals surface area contributed by atoms with Gasteiger partial charge < -0.3 is 20.1 Å². The highest BCUT2D eigenvalue weighted by Crippen LogP contribution is 2.33. The first-order valence-corrected chi connectivity index (χ1v) is 11.6. The zero-order valence-electron chi connectivity index (χ0n) is 18.1. The fourth-order valence-electron chi connectivity index (χ4n) is 3.20. The molecule has 3 N–H and O–H groups in total. The average molecular weight is 578 g/mol. The molecule has 3 rings (SSSR count). The maximum atomic E-state index is 12.6. The normalized spacial score (nSPS) is 15.6. The molecule has 1 amide bonds. The highest BCUT2D eigenvalue weighted by atomic mass is 127. The highest BCUT2D eigenvalue weighted by molar-refractivity contribution is 14.1. The Morgan fingerprint density at radius 3 is 2.79 bits per heavy atom. The van der Waals surface area contributed by atoms with Gasteiger partial charge in [0, 0.05) is 14.8 Å². The van der Waals surface area contributed by atoms with E-state index in [4.69, 9.17) is 21.7 Å². The van der Waals surface area contributed by atoms with Crippen LogP contribution in [-0.4, -0.2) is 36.4 Å². The van der Waals surface area contributed by atoms with E-state index in [1.54, 1.807) is 38.3 Å². The van der Waals surface area contributed by atoms with Crippen LogP contribution in [0, 0.1) is 3.57 Å². The van der Waals surface area contributed by atoms with Gasteiger partial charge in [-0.2, -0.15) is 5.10 Å². The predicted molar refractivity (Wildman–Crippen MR) is 138 cm³/mol. The minimum absolute atomic E-state index is 0.244. The van der Waals surface area contributed by atoms with Gasteiger partial charge in [-0.25, -0.2) is 10.2 Å². The molecule has 33 heavy (non-hydrogen) atoms. The summed E-state index contributed by atoms with van der Waals surface area (Å²) in [4.78, 5) is 24.8. The molecule has 0 unspecified atom stereocenters. The van der Waals surface area contributed by atoms with Gasteiger partial charge in [-0.3, -0.25) is 4.79 Å². The lowest BCUT2D eigenvalue weighted by molar-refractivity contribution is -0.139. The number of carbonyl (C=O) groups is 2. The van der Waals surface area contributed by atoms with Crippen LogP contribution in [-0.2, 0) is 14.3 Å². The van der Waals surface area contributed by atoms with Gasteiger partial charge in [0.25, 0.3) is 5.91 Å². The SMILES string of the molecule is CCOC(=O)C1=C(C)NC(=S)N[C@H]1c1ccccc1OCC(=O)NN=Cc1cccc(I)c1. The molecule has 2 aromatic carbocycles. The van der Waals surface area contributed by atoms with E-state index in [9.17, 15) is 9.59 Å². The predicted octanol–water partition coefficient (Wildman–Crippen LogP) is 3.18. The Bertz CT molecular complexity index is 1120. The second-order valence-corrected chi connectivity index (χ2v) is 8.62. The van der Waals surface area contributed by atoms with Crippen LogP contribution in [0.15, 0.2) is 64.9 Å². The Hall–Kier alpha value is -2.99. The van der Waals surface area contributed by atoms with Gasteiger partial charge in [-0.1, -0.05) is 30.3 Å². The zero-order valence-corrected chi connectivity index (χ0v) is 21.0. The average Bonchev–Trinajstić information content (AvgIpc) is 2.77. The van der Waals surface area contributed by atoms with Crippen LogP contribution in [0.1, 0.15) is 31.0 Å². The molecule has 0 saturated carbocycles. The first-order valence-electron chi connectivity index (χ1n) is 10.1. The molecule has 1 aliphatic rings. The van der Waals surface area contributed by atoms with Gasteiger partial charge in [0.2, 0.25) is 0 Å². The molecule has 0 fully saturated rings. The summed E-state index contributed by atoms with van der Waals surface area (Å²) >= 11 is 7.49. The van der Waals surface area contributed by atoms with Gasteiger partial charge in [0.15, 0.2) is 11.7 Å². The van der Waals surface area contributed by atoms with Crippen molar-refractivity contribution in [3.8, 4) is 5.75 Å². The number of hydrogen-bond acceptors (Lipinski definition) is 6. The summed E-state index contributed by atoms with van der Waals surface area (Å²) in [6.45, 7) is 3.49. The van der Waals surface area contributed by atoms with Crippen molar-refractivity contribution in [2.45, 2.75) is 19.9 Å². The topological polar surface area (TPSA) is 101 Å². The van der Waals surface area contributed by atoms with E-state index in [1.165, 1.54) is 0 Å². The fourth-order valence-corrected chi connectivity index (χ4v) is 4.04. The molecule has 1 aliphatic heterocycles. The maximum absolute atomic E-state index is 12.6. The second-order valence-electron chi connectivity index (χ2n) is 6.97. The summed E-state index contributed by atoms with van der Waals surface area (Å²) in [6, 6.07) is 14.2. The lowest BCUT2D eigenvalue weighted by Crippen LogP contribution is -2.45. The number of hydrogen-bond donors (Lipinski definition) is 3. The van der Waals surface area contributed by atoms with Crippen LogP contribution in [0.2, 0.25) is 0 Å². The summed E-state index contributed by atoms with van der Waals surface area (Å²) in [5, 5.41) is 10.4. The molecular weight excluding hydrogens is 555 g/mol. The molecule has 0 bridgehead atoms. The molecule has 1 heterocycles. The Morgan fingerprint density at radius 2 is 2.03 bits per heavy atom. The molecule has 8 nitrogen and oxygen atoms in total. The van der Waals surface area contributed by atoms with Crippen LogP contribution in [0.4, 0.5) is 0 Å². The molecule has 0 aromatic heterocycles. The first kappa shape index (κ1) is 24.6. The number of para-hydroxylation sites is 1. The molecule has 0 radical (unpaired) electrons. The van der Waals surface area contributed by atoms with Crippen molar-refractivity contribution in [1.29, 1.82) is 0 Å². The smallest absolute Gasteiger partial charge is 0.338 e. The number of halogens is 1. The Morgan fingerprint density at radius 1 is 1.24 bits per heavy atom. The van der Waals surface area contributed by atoms with Crippen molar-refractivity contribution in [2.24, 2.45) is 5.10 Å². The number of benzene rings is 2. The summed E-state index contributed by atoms with van der Waals surface area (Å²) < 4.78 is 12.1. The van der Waals surface area contributed by atoms with E-state index in [0.717, 1.165) is 9.13 Å². The number of ether oxygens (including phenoxy) is 2. The van der Waals surface area contributed by atoms with Crippen molar-refractivity contribution in [1.82, 2.24) is 16.1 Å². The third-order valence-electron chi connectivity index (χ3n) is 4.60. The Balaban J connectivity index is 1.72. The number of esters is 1. The summed E-state index contributed by atoms with van der Waals surface area (Å²) in [5.41, 5.74) is 4.97. The fraction of sp³-hybridized carbons (Fsp3) is 0.217. The summed E-state index contributed by atoms with van der Waals surface area (Å²) in [6.07, 6.45) is 1.56. The largest absolute Gasteiger partial charge is 0.483 e. The van der Waals surface area contributed by atoms with Crippen LogP contribution < -0.4 is 20.8 Å². The number of hydrazone groups is 1. The molecule has 0 spiro atoms. The Kier molecular flexibility index (Phi) is 8.78. The molecule has 0 saturated heterocycles. The van der Waals surface area contributed by atoms with Crippen molar-refractivity contribution in [3.05, 3.63) is 74.5 Å². The third-order valence-corrected chi connectivity index (χ3v) is 5.50. The highest BCUT2D eigenvalue weighted by Gasteiger charge is 2.32. The third kappa shape index (κ3) is 6.75. The lowest BCUT2D eigenvalue weighted by atomic mass is 9.95. The number of nitrogens with zero attached hydrogens (tertiary/aromatic N) is 1. The number of amides is 1. The summed E-state index contributed by atoms with van der Waals surface area (Å²) in [5.74, 6) is -0.441. The van der Waals surface area contributed by atoms with Crippen LogP contribution in [0.3, 0.4) is 0 Å². The molecule has 10 heteroatoms. The first-order chi connectivity index (χ1) is 15.9. The van der Waals surface area contributed by atoms with Gasteiger partial charge in [-0.15, -0.1) is 0 Å². The second kappa shape index (κ2) is 11.8. The summed E-state index contributed by atoms with van der Waals surface area (Å²) in [7, 11) is 0. The van der Waals surface area contributed by atoms with E-state index >= 15 is 0 Å². The van der Waals surface area contributed by atoms with Gasteiger partial charge in [0.1, 0.15) is 5.75 Å². The van der Waals surface area contributed by atoms with Gasteiger partial charge in [0.05, 0.1) is 24.4 Å². The van der Waals surface area contributed by atoms with E-state index < -0.39 is 17.9 Å². The van der Waals surface area contributed by atoms with E-state index in [1.807, 2.05) is 30.3 Å². The zero-order chi connectivity index (χ0) is 23.8. The number of carbonyl (C=O) groups excluding carboxylic acids is 2. The van der Waals surface area contributed by atoms with Gasteiger partial charge in [-0.05, 0) is 72.4 Å². The quantitative estimate of drug-likeness (QED) is 0.146.